The average molecular weight is 288 g/mol. The van der Waals surface area contributed by atoms with Gasteiger partial charge in [-0.05, 0) is 55.5 Å². The Balaban J connectivity index is 1.65. The summed E-state index contributed by atoms with van der Waals surface area (Å²) in [4.78, 5) is 14.5. The smallest absolute Gasteiger partial charge is 0.223 e. The number of fused-ring (bicyclic) bond motifs is 1. The largest absolute Gasteiger partial charge is 0.497 e. The monoisotopic (exact) mass is 288 g/mol. The number of carbonyl (C=O) groups excluding carboxylic acids is 1. The molecule has 2 aliphatic rings. The van der Waals surface area contributed by atoms with Gasteiger partial charge in [0.1, 0.15) is 5.75 Å². The van der Waals surface area contributed by atoms with Crippen molar-refractivity contribution >= 4 is 5.91 Å². The highest BCUT2D eigenvalue weighted by Gasteiger charge is 2.32. The minimum Gasteiger partial charge on any atom is -0.497 e. The Morgan fingerprint density at radius 1 is 1.24 bits per heavy atom. The number of piperidine rings is 1. The zero-order valence-corrected chi connectivity index (χ0v) is 12.7. The van der Waals surface area contributed by atoms with Crippen LogP contribution in [0.1, 0.15) is 24.8 Å². The van der Waals surface area contributed by atoms with Gasteiger partial charge in [-0.3, -0.25) is 4.79 Å². The SMILES string of the molecule is COc1ccc(CN2CC[C@@H]3CNCC[C@H]3CC2=O)cc1. The van der Waals surface area contributed by atoms with Crippen LogP contribution in [0.2, 0.25) is 0 Å². The number of carbonyl (C=O) groups is 1. The van der Waals surface area contributed by atoms with E-state index in [1.165, 1.54) is 5.56 Å². The van der Waals surface area contributed by atoms with Crippen molar-refractivity contribution in [2.24, 2.45) is 11.8 Å². The summed E-state index contributed by atoms with van der Waals surface area (Å²) in [7, 11) is 1.67. The Morgan fingerprint density at radius 2 is 2.05 bits per heavy atom. The van der Waals surface area contributed by atoms with Gasteiger partial charge in [0.15, 0.2) is 0 Å². The quantitative estimate of drug-likeness (QED) is 0.925. The molecule has 4 nitrogen and oxygen atoms in total. The normalized spacial score (nSPS) is 26.1. The van der Waals surface area contributed by atoms with Crippen LogP contribution in [-0.4, -0.2) is 37.6 Å². The Labute approximate surface area is 126 Å². The standard InChI is InChI=1S/C17H24N2O2/c1-21-16-4-2-13(3-5-16)12-19-9-7-15-11-18-8-6-14(15)10-17(19)20/h2-5,14-15,18H,6-12H2,1H3/t14-,15+/m0/s1. The summed E-state index contributed by atoms with van der Waals surface area (Å²) in [5, 5.41) is 3.46. The lowest BCUT2D eigenvalue weighted by Gasteiger charge is -2.29. The van der Waals surface area contributed by atoms with Crippen LogP contribution in [0.4, 0.5) is 0 Å². The van der Waals surface area contributed by atoms with Gasteiger partial charge < -0.3 is 15.0 Å². The van der Waals surface area contributed by atoms with Gasteiger partial charge in [-0.25, -0.2) is 0 Å². The van der Waals surface area contributed by atoms with E-state index < -0.39 is 0 Å². The van der Waals surface area contributed by atoms with Crippen LogP contribution in [-0.2, 0) is 11.3 Å². The molecule has 0 saturated carbocycles. The van der Waals surface area contributed by atoms with Crippen LogP contribution >= 0.6 is 0 Å². The average Bonchev–Trinajstić information content (AvgIpc) is 2.67. The highest BCUT2D eigenvalue weighted by molar-refractivity contribution is 5.76. The number of hydrogen-bond acceptors (Lipinski definition) is 3. The minimum absolute atomic E-state index is 0.320. The van der Waals surface area contributed by atoms with E-state index in [1.54, 1.807) is 7.11 Å². The molecule has 1 amide bonds. The van der Waals surface area contributed by atoms with Crippen LogP contribution < -0.4 is 10.1 Å². The second-order valence-electron chi connectivity index (χ2n) is 6.17. The van der Waals surface area contributed by atoms with E-state index in [0.717, 1.165) is 51.2 Å². The van der Waals surface area contributed by atoms with Gasteiger partial charge >= 0.3 is 0 Å². The third-order valence-corrected chi connectivity index (χ3v) is 4.86. The topological polar surface area (TPSA) is 41.6 Å². The maximum Gasteiger partial charge on any atom is 0.223 e. The summed E-state index contributed by atoms with van der Waals surface area (Å²) in [6, 6.07) is 8.01. The Kier molecular flexibility index (Phi) is 4.44. The van der Waals surface area contributed by atoms with Gasteiger partial charge in [0, 0.05) is 19.5 Å². The van der Waals surface area contributed by atoms with E-state index in [9.17, 15) is 4.79 Å². The van der Waals surface area contributed by atoms with Crippen molar-refractivity contribution in [1.82, 2.24) is 10.2 Å². The van der Waals surface area contributed by atoms with Crippen molar-refractivity contribution < 1.29 is 9.53 Å². The third kappa shape index (κ3) is 3.38. The second-order valence-corrected chi connectivity index (χ2v) is 6.17. The fourth-order valence-electron chi connectivity index (χ4n) is 3.50. The van der Waals surface area contributed by atoms with E-state index in [-0.39, 0.29) is 0 Å². The van der Waals surface area contributed by atoms with Gasteiger partial charge in [-0.15, -0.1) is 0 Å². The van der Waals surface area contributed by atoms with Crippen molar-refractivity contribution in [3.8, 4) is 5.75 Å². The van der Waals surface area contributed by atoms with Crippen LogP contribution in [0.3, 0.4) is 0 Å². The molecule has 0 spiro atoms. The fourth-order valence-corrected chi connectivity index (χ4v) is 3.50. The lowest BCUT2D eigenvalue weighted by Crippen LogP contribution is -2.36. The number of benzene rings is 1. The number of nitrogens with zero attached hydrogens (tertiary/aromatic N) is 1. The number of ether oxygens (including phenoxy) is 1. The number of nitrogens with one attached hydrogen (secondary N) is 1. The molecule has 0 aliphatic carbocycles. The van der Waals surface area contributed by atoms with Gasteiger partial charge in [0.2, 0.25) is 5.91 Å². The number of likely N-dealkylation sites (tertiary alicyclic amines) is 1. The molecule has 2 aliphatic heterocycles. The van der Waals surface area contributed by atoms with E-state index in [2.05, 4.69) is 5.32 Å². The van der Waals surface area contributed by atoms with Crippen LogP contribution in [0.25, 0.3) is 0 Å². The molecular formula is C17H24N2O2. The third-order valence-electron chi connectivity index (χ3n) is 4.86. The highest BCUT2D eigenvalue weighted by Crippen LogP contribution is 2.30. The van der Waals surface area contributed by atoms with Crippen LogP contribution in [0, 0.1) is 11.8 Å². The molecule has 2 fully saturated rings. The second kappa shape index (κ2) is 6.48. The van der Waals surface area contributed by atoms with Crippen LogP contribution in [0.15, 0.2) is 24.3 Å². The van der Waals surface area contributed by atoms with Gasteiger partial charge in [-0.2, -0.15) is 0 Å². The first-order chi connectivity index (χ1) is 10.3. The molecule has 0 aromatic heterocycles. The highest BCUT2D eigenvalue weighted by atomic mass is 16.5. The first kappa shape index (κ1) is 14.4. The zero-order chi connectivity index (χ0) is 14.7. The Bertz CT molecular complexity index is 486. The molecular weight excluding hydrogens is 264 g/mol. The van der Waals surface area contributed by atoms with Crippen molar-refractivity contribution in [1.29, 1.82) is 0 Å². The molecule has 1 N–H and O–H groups in total. The molecule has 0 bridgehead atoms. The molecule has 2 atom stereocenters. The van der Waals surface area contributed by atoms with Crippen molar-refractivity contribution in [2.45, 2.75) is 25.8 Å². The van der Waals surface area contributed by atoms with Gasteiger partial charge in [-0.1, -0.05) is 12.1 Å². The number of rotatable bonds is 3. The molecule has 1 aromatic carbocycles. The predicted octanol–water partition coefficient (Wildman–Crippen LogP) is 2.04. The van der Waals surface area contributed by atoms with E-state index in [4.69, 9.17) is 4.74 Å². The summed E-state index contributed by atoms with van der Waals surface area (Å²) >= 11 is 0. The maximum atomic E-state index is 12.5. The predicted molar refractivity (Wildman–Crippen MR) is 82.1 cm³/mol. The first-order valence-electron chi connectivity index (χ1n) is 7.87. The molecule has 4 heteroatoms. The summed E-state index contributed by atoms with van der Waals surface area (Å²) in [5.41, 5.74) is 1.17. The van der Waals surface area contributed by atoms with E-state index in [0.29, 0.717) is 17.7 Å². The summed E-state index contributed by atoms with van der Waals surface area (Å²) in [6.45, 7) is 3.74. The summed E-state index contributed by atoms with van der Waals surface area (Å²) < 4.78 is 5.18. The first-order valence-corrected chi connectivity index (χ1v) is 7.87. The van der Waals surface area contributed by atoms with Gasteiger partial charge in [0.05, 0.1) is 7.11 Å². The molecule has 2 heterocycles. The lowest BCUT2D eigenvalue weighted by molar-refractivity contribution is -0.132. The molecule has 2 saturated heterocycles. The van der Waals surface area contributed by atoms with Gasteiger partial charge in [0.25, 0.3) is 0 Å². The van der Waals surface area contributed by atoms with Crippen LogP contribution in [0.5, 0.6) is 5.75 Å². The summed E-state index contributed by atoms with van der Waals surface area (Å²) in [6.07, 6.45) is 2.99. The molecule has 3 rings (SSSR count). The molecule has 21 heavy (non-hydrogen) atoms. The maximum absolute atomic E-state index is 12.5. The van der Waals surface area contributed by atoms with Crippen molar-refractivity contribution in [3.63, 3.8) is 0 Å². The van der Waals surface area contributed by atoms with E-state index >= 15 is 0 Å². The number of methoxy groups -OCH3 is 1. The molecule has 0 radical (unpaired) electrons. The van der Waals surface area contributed by atoms with Crippen molar-refractivity contribution in [2.75, 3.05) is 26.7 Å². The fraction of sp³-hybridized carbons (Fsp3) is 0.588. The number of amides is 1. The van der Waals surface area contributed by atoms with E-state index in [1.807, 2.05) is 29.2 Å². The Hall–Kier alpha value is -1.55. The minimum atomic E-state index is 0.320. The molecule has 114 valence electrons. The lowest BCUT2D eigenvalue weighted by atomic mass is 9.83. The molecule has 1 aromatic rings. The number of hydrogen-bond donors (Lipinski definition) is 1. The Morgan fingerprint density at radius 3 is 2.81 bits per heavy atom. The summed E-state index contributed by atoms with van der Waals surface area (Å²) in [5.74, 6) is 2.43. The zero-order valence-electron chi connectivity index (χ0n) is 12.7. The van der Waals surface area contributed by atoms with Crippen molar-refractivity contribution in [3.05, 3.63) is 29.8 Å². The molecule has 0 unspecified atom stereocenters.